The van der Waals surface area contributed by atoms with Gasteiger partial charge in [-0.1, -0.05) is 59.3 Å². The lowest BCUT2D eigenvalue weighted by Gasteiger charge is -2.26. The molecule has 1 unspecified atom stereocenters. The van der Waals surface area contributed by atoms with E-state index >= 15 is 0 Å². The summed E-state index contributed by atoms with van der Waals surface area (Å²) >= 11 is 5.95. The van der Waals surface area contributed by atoms with Crippen molar-refractivity contribution in [3.8, 4) is 0 Å². The Morgan fingerprint density at radius 1 is 1.10 bits per heavy atom. The molecule has 14 heteroatoms. The van der Waals surface area contributed by atoms with Crippen LogP contribution in [0.15, 0.2) is 93.9 Å². The normalized spacial score (nSPS) is 17.6. The largest absolute Gasteiger partial charge is 0.378 e. The van der Waals surface area contributed by atoms with Crippen LogP contribution in [-0.4, -0.2) is 71.5 Å². The molecule has 3 N–H and O–H groups in total. The van der Waals surface area contributed by atoms with Gasteiger partial charge in [0.1, 0.15) is 12.3 Å². The van der Waals surface area contributed by atoms with Gasteiger partial charge in [-0.3, -0.25) is 0 Å². The minimum absolute atomic E-state index is 0.0230. The fourth-order valence-electron chi connectivity index (χ4n) is 4.16. The number of hydrogen-bond acceptors (Lipinski definition) is 9. The zero-order chi connectivity index (χ0) is 28.3. The number of H-pyrrole nitrogens is 1. The van der Waals surface area contributed by atoms with Crippen LogP contribution < -0.4 is 9.62 Å². The van der Waals surface area contributed by atoms with E-state index in [0.717, 1.165) is 5.69 Å². The molecule has 0 fully saturated rings. The van der Waals surface area contributed by atoms with E-state index in [0.29, 0.717) is 21.9 Å². The minimum Gasteiger partial charge on any atom is -0.378 e. The maximum atomic E-state index is 13.3. The number of aromatic nitrogens is 4. The summed E-state index contributed by atoms with van der Waals surface area (Å²) in [6, 6.07) is 22.3. The second kappa shape index (κ2) is 11.0. The Hall–Kier alpha value is -4.33. The first kappa shape index (κ1) is 27.2. The molecule has 2 heterocycles. The van der Waals surface area contributed by atoms with Gasteiger partial charge in [-0.15, -0.1) is 10.2 Å². The molecule has 0 saturated heterocycles. The number of rotatable bonds is 7. The summed E-state index contributed by atoms with van der Waals surface area (Å²) in [4.78, 5) is 6.36. The fourth-order valence-corrected chi connectivity index (χ4v) is 5.31. The van der Waals surface area contributed by atoms with Crippen LogP contribution in [0.5, 0.6) is 0 Å². The lowest BCUT2D eigenvalue weighted by Crippen LogP contribution is -2.45. The van der Waals surface area contributed by atoms with Gasteiger partial charge in [-0.2, -0.15) is 10.3 Å². The third-order valence-electron chi connectivity index (χ3n) is 6.25. The van der Waals surface area contributed by atoms with Gasteiger partial charge in [0, 0.05) is 30.4 Å². The molecule has 12 nitrogen and oxygen atoms in total. The fraction of sp³-hybridized carbons (Fsp3) is 0.192. The van der Waals surface area contributed by atoms with Crippen molar-refractivity contribution in [1.82, 2.24) is 30.4 Å². The van der Waals surface area contributed by atoms with Crippen molar-refractivity contribution in [2.24, 2.45) is 10.1 Å². The van der Waals surface area contributed by atoms with E-state index in [1.165, 1.54) is 29.3 Å². The van der Waals surface area contributed by atoms with Crippen molar-refractivity contribution >= 4 is 39.0 Å². The van der Waals surface area contributed by atoms with E-state index < -0.39 is 15.6 Å². The number of sulfonamides is 1. The standard InChI is InChI=1S/C26H26ClN9O3S/c1-35(2)21-12-8-18(9-13-21)24-26(37,19-6-4-3-5-7-19)17-36(31-24)25(28-16-23-29-33-34-30-23)32-40(38,39)22-14-10-20(27)11-15-22/h3-15,37H,16-17H2,1-2H3,(H,28,32)(H,29,30,33,34). The first-order valence-electron chi connectivity index (χ1n) is 12.1. The minimum atomic E-state index is -4.11. The number of tetrazole rings is 1. The molecule has 1 aliphatic rings. The SMILES string of the molecule is CN(C)c1ccc(C2=NN(C(=NCc3nn[nH]n3)NS(=O)(=O)c3ccc(Cl)cc3)CC2(O)c2ccccc2)cc1. The number of aliphatic imine (C=N–C) groups is 1. The molecule has 0 spiro atoms. The number of aromatic amines is 1. The third-order valence-corrected chi connectivity index (χ3v) is 7.85. The Morgan fingerprint density at radius 3 is 2.42 bits per heavy atom. The number of halogens is 1. The van der Waals surface area contributed by atoms with Crippen LogP contribution in [0.25, 0.3) is 0 Å². The van der Waals surface area contributed by atoms with Crippen molar-refractivity contribution in [3.05, 3.63) is 101 Å². The Labute approximate surface area is 236 Å². The van der Waals surface area contributed by atoms with Crippen molar-refractivity contribution in [1.29, 1.82) is 0 Å². The second-order valence-electron chi connectivity index (χ2n) is 9.20. The summed E-state index contributed by atoms with van der Waals surface area (Å²) < 4.78 is 29.2. The number of anilines is 1. The van der Waals surface area contributed by atoms with Crippen LogP contribution in [-0.2, 0) is 22.2 Å². The predicted octanol–water partition coefficient (Wildman–Crippen LogP) is 2.36. The van der Waals surface area contributed by atoms with Crippen LogP contribution in [0.4, 0.5) is 5.69 Å². The number of guanidine groups is 1. The molecule has 0 radical (unpaired) electrons. The number of nitrogens with one attached hydrogen (secondary N) is 2. The van der Waals surface area contributed by atoms with Gasteiger partial charge in [-0.05, 0) is 42.0 Å². The van der Waals surface area contributed by atoms with Crippen LogP contribution in [0, 0.1) is 0 Å². The number of benzene rings is 3. The summed E-state index contributed by atoms with van der Waals surface area (Å²) in [6.07, 6.45) is 0. The molecule has 4 aromatic rings. The van der Waals surface area contributed by atoms with Crippen molar-refractivity contribution in [2.75, 3.05) is 25.5 Å². The predicted molar refractivity (Wildman–Crippen MR) is 151 cm³/mol. The van der Waals surface area contributed by atoms with Crippen molar-refractivity contribution in [2.45, 2.75) is 17.0 Å². The van der Waals surface area contributed by atoms with E-state index in [9.17, 15) is 13.5 Å². The average Bonchev–Trinajstić information content (AvgIpc) is 3.60. The first-order valence-corrected chi connectivity index (χ1v) is 14.0. The second-order valence-corrected chi connectivity index (χ2v) is 11.3. The highest BCUT2D eigenvalue weighted by molar-refractivity contribution is 7.90. The van der Waals surface area contributed by atoms with Gasteiger partial charge in [0.15, 0.2) is 11.4 Å². The molecule has 0 saturated carbocycles. The molecule has 0 aliphatic carbocycles. The molecule has 0 bridgehead atoms. The van der Waals surface area contributed by atoms with Gasteiger partial charge in [-0.25, -0.2) is 23.1 Å². The smallest absolute Gasteiger partial charge is 0.264 e. The van der Waals surface area contributed by atoms with Gasteiger partial charge in [0.25, 0.3) is 10.0 Å². The lowest BCUT2D eigenvalue weighted by atomic mass is 9.86. The van der Waals surface area contributed by atoms with Gasteiger partial charge >= 0.3 is 0 Å². The highest BCUT2D eigenvalue weighted by atomic mass is 35.5. The lowest BCUT2D eigenvalue weighted by molar-refractivity contribution is 0.103. The van der Waals surface area contributed by atoms with E-state index in [1.807, 2.05) is 61.5 Å². The maximum absolute atomic E-state index is 13.3. The van der Waals surface area contributed by atoms with Crippen LogP contribution in [0.3, 0.4) is 0 Å². The number of nitrogens with zero attached hydrogens (tertiary/aromatic N) is 7. The maximum Gasteiger partial charge on any atom is 0.264 e. The zero-order valence-electron chi connectivity index (χ0n) is 21.6. The molecule has 1 aromatic heterocycles. The summed E-state index contributed by atoms with van der Waals surface area (Å²) in [5, 5.41) is 32.2. The molecule has 1 aliphatic heterocycles. The van der Waals surface area contributed by atoms with E-state index in [1.54, 1.807) is 12.1 Å². The number of hydrogen-bond donors (Lipinski definition) is 3. The van der Waals surface area contributed by atoms with Crippen LogP contribution in [0.1, 0.15) is 17.0 Å². The van der Waals surface area contributed by atoms with E-state index in [4.69, 9.17) is 16.7 Å². The molecular formula is C26H26ClN9O3S. The quantitative estimate of drug-likeness (QED) is 0.223. The van der Waals surface area contributed by atoms with E-state index in [-0.39, 0.29) is 29.8 Å². The van der Waals surface area contributed by atoms with Crippen molar-refractivity contribution in [3.63, 3.8) is 0 Å². The molecule has 3 aromatic carbocycles. The summed E-state index contributed by atoms with van der Waals surface area (Å²) in [5.74, 6) is 0.109. The Kier molecular flexibility index (Phi) is 7.52. The number of aliphatic hydroxyl groups is 1. The first-order chi connectivity index (χ1) is 19.2. The van der Waals surface area contributed by atoms with Gasteiger partial charge in [0.05, 0.1) is 11.4 Å². The highest BCUT2D eigenvalue weighted by Gasteiger charge is 2.45. The van der Waals surface area contributed by atoms with E-state index in [2.05, 4.69) is 30.3 Å². The highest BCUT2D eigenvalue weighted by Crippen LogP contribution is 2.34. The van der Waals surface area contributed by atoms with Crippen LogP contribution in [0.2, 0.25) is 5.02 Å². The molecule has 206 valence electrons. The van der Waals surface area contributed by atoms with Gasteiger partial charge < -0.3 is 10.0 Å². The van der Waals surface area contributed by atoms with Crippen molar-refractivity contribution < 1.29 is 13.5 Å². The molecular weight excluding hydrogens is 554 g/mol. The summed E-state index contributed by atoms with van der Waals surface area (Å²) in [7, 11) is -0.238. The monoisotopic (exact) mass is 579 g/mol. The van der Waals surface area contributed by atoms with Crippen LogP contribution >= 0.6 is 11.6 Å². The Bertz CT molecular complexity index is 1630. The average molecular weight is 580 g/mol. The molecule has 5 rings (SSSR count). The number of hydrazone groups is 1. The Balaban J connectivity index is 1.57. The third kappa shape index (κ3) is 5.66. The Morgan fingerprint density at radius 2 is 1.80 bits per heavy atom. The van der Waals surface area contributed by atoms with Gasteiger partial charge in [0.2, 0.25) is 5.96 Å². The summed E-state index contributed by atoms with van der Waals surface area (Å²) in [6.45, 7) is -0.215. The molecule has 0 amide bonds. The topological polar surface area (TPSA) is 152 Å². The summed E-state index contributed by atoms with van der Waals surface area (Å²) in [5.41, 5.74) is 0.977. The molecule has 1 atom stereocenters. The number of β-amino-alcohol motifs (C(OH)–C–C–N with tert-alkyl or cyclic N) is 1. The zero-order valence-corrected chi connectivity index (χ0v) is 23.2. The molecule has 40 heavy (non-hydrogen) atoms.